The van der Waals surface area contributed by atoms with Crippen LogP contribution in [0, 0.1) is 17.2 Å². The van der Waals surface area contributed by atoms with Crippen molar-refractivity contribution in [1.82, 2.24) is 4.90 Å². The van der Waals surface area contributed by atoms with Crippen LogP contribution in [0.2, 0.25) is 0 Å². The van der Waals surface area contributed by atoms with Gasteiger partial charge in [0.2, 0.25) is 0 Å². The predicted octanol–water partition coefficient (Wildman–Crippen LogP) is 1.67. The SMILES string of the molecule is CC(C)C(C)(C#N)N1C(=O)c2ccc(CC=O)c(O)c2C1=O. The number of rotatable bonds is 4. The highest BCUT2D eigenvalue weighted by molar-refractivity contribution is 6.23. The van der Waals surface area contributed by atoms with Gasteiger partial charge in [0.05, 0.1) is 17.2 Å². The summed E-state index contributed by atoms with van der Waals surface area (Å²) in [6.45, 7) is 5.00. The molecule has 1 aromatic rings. The summed E-state index contributed by atoms with van der Waals surface area (Å²) in [5, 5.41) is 19.6. The molecule has 1 aliphatic heterocycles. The molecule has 1 unspecified atom stereocenters. The molecule has 1 aliphatic rings. The Morgan fingerprint density at radius 3 is 2.50 bits per heavy atom. The van der Waals surface area contributed by atoms with Gasteiger partial charge in [0, 0.05) is 12.0 Å². The molecule has 2 amide bonds. The van der Waals surface area contributed by atoms with Gasteiger partial charge in [-0.25, -0.2) is 0 Å². The van der Waals surface area contributed by atoms with Crippen LogP contribution in [0.4, 0.5) is 0 Å². The highest BCUT2D eigenvalue weighted by Gasteiger charge is 2.49. The zero-order valence-corrected chi connectivity index (χ0v) is 12.6. The van der Waals surface area contributed by atoms with Crippen LogP contribution < -0.4 is 0 Å². The van der Waals surface area contributed by atoms with Crippen molar-refractivity contribution >= 4 is 18.1 Å². The van der Waals surface area contributed by atoms with Gasteiger partial charge in [0.25, 0.3) is 11.8 Å². The molecule has 0 fully saturated rings. The summed E-state index contributed by atoms with van der Waals surface area (Å²) >= 11 is 0. The predicted molar refractivity (Wildman–Crippen MR) is 77.2 cm³/mol. The number of fused-ring (bicyclic) bond motifs is 1. The summed E-state index contributed by atoms with van der Waals surface area (Å²) in [4.78, 5) is 36.6. The molecule has 0 spiro atoms. The lowest BCUT2D eigenvalue weighted by molar-refractivity contribution is -0.107. The van der Waals surface area contributed by atoms with Crippen molar-refractivity contribution in [2.24, 2.45) is 5.92 Å². The Hall–Kier alpha value is -2.68. The molecule has 22 heavy (non-hydrogen) atoms. The summed E-state index contributed by atoms with van der Waals surface area (Å²) in [5.41, 5.74) is -1.12. The van der Waals surface area contributed by atoms with Crippen LogP contribution in [-0.4, -0.2) is 33.6 Å². The lowest BCUT2D eigenvalue weighted by Gasteiger charge is -2.34. The fraction of sp³-hybridized carbons (Fsp3) is 0.375. The van der Waals surface area contributed by atoms with E-state index >= 15 is 0 Å². The van der Waals surface area contributed by atoms with E-state index in [0.29, 0.717) is 6.29 Å². The fourth-order valence-electron chi connectivity index (χ4n) is 2.47. The van der Waals surface area contributed by atoms with Gasteiger partial charge in [0.1, 0.15) is 17.6 Å². The second-order valence-corrected chi connectivity index (χ2v) is 5.73. The molecule has 0 aromatic heterocycles. The van der Waals surface area contributed by atoms with Crippen LogP contribution in [0.15, 0.2) is 12.1 Å². The summed E-state index contributed by atoms with van der Waals surface area (Å²) in [6, 6.07) is 4.87. The Bertz CT molecular complexity index is 718. The van der Waals surface area contributed by atoms with Crippen molar-refractivity contribution < 1.29 is 19.5 Å². The van der Waals surface area contributed by atoms with Crippen molar-refractivity contribution in [2.45, 2.75) is 32.7 Å². The average molecular weight is 300 g/mol. The van der Waals surface area contributed by atoms with Crippen LogP contribution >= 0.6 is 0 Å². The number of phenolic OH excluding ortho intramolecular Hbond substituents is 1. The topological polar surface area (TPSA) is 98.5 Å². The Morgan fingerprint density at radius 2 is 2.00 bits per heavy atom. The van der Waals surface area contributed by atoms with Crippen LogP contribution in [-0.2, 0) is 11.2 Å². The van der Waals surface area contributed by atoms with E-state index in [1.165, 1.54) is 19.1 Å². The first kappa shape index (κ1) is 15.7. The number of hydrogen-bond donors (Lipinski definition) is 1. The van der Waals surface area contributed by atoms with Crippen molar-refractivity contribution in [3.8, 4) is 11.8 Å². The summed E-state index contributed by atoms with van der Waals surface area (Å²) in [6.07, 6.45) is 0.550. The zero-order valence-electron chi connectivity index (χ0n) is 12.6. The normalized spacial score (nSPS) is 16.4. The van der Waals surface area contributed by atoms with Crippen LogP contribution in [0.5, 0.6) is 5.75 Å². The van der Waals surface area contributed by atoms with Gasteiger partial charge in [-0.3, -0.25) is 14.5 Å². The standard InChI is InChI=1S/C16H16N2O4/c1-9(2)16(3,8-17)18-14(21)11-5-4-10(6-7-19)13(20)12(11)15(18)22/h4-5,7,9,20H,6H2,1-3H3. The molecular formula is C16H16N2O4. The van der Waals surface area contributed by atoms with Gasteiger partial charge >= 0.3 is 0 Å². The third-order valence-electron chi connectivity index (χ3n) is 4.23. The first-order chi connectivity index (χ1) is 10.3. The van der Waals surface area contributed by atoms with Crippen molar-refractivity contribution in [3.63, 3.8) is 0 Å². The van der Waals surface area contributed by atoms with E-state index in [2.05, 4.69) is 0 Å². The molecule has 0 bridgehead atoms. The first-order valence-electron chi connectivity index (χ1n) is 6.88. The number of carbonyl (C=O) groups is 3. The molecule has 2 rings (SSSR count). The average Bonchev–Trinajstić information content (AvgIpc) is 2.73. The van der Waals surface area contributed by atoms with E-state index in [0.717, 1.165) is 4.90 Å². The Balaban J connectivity index is 2.62. The van der Waals surface area contributed by atoms with Crippen molar-refractivity contribution in [2.75, 3.05) is 0 Å². The number of nitriles is 1. The summed E-state index contributed by atoms with van der Waals surface area (Å²) < 4.78 is 0. The zero-order chi connectivity index (χ0) is 16.7. The maximum Gasteiger partial charge on any atom is 0.266 e. The van der Waals surface area contributed by atoms with E-state index in [-0.39, 0.29) is 34.8 Å². The molecule has 1 heterocycles. The number of benzene rings is 1. The van der Waals surface area contributed by atoms with Gasteiger partial charge in [0.15, 0.2) is 0 Å². The van der Waals surface area contributed by atoms with Crippen LogP contribution in [0.3, 0.4) is 0 Å². The van der Waals surface area contributed by atoms with Gasteiger partial charge in [-0.1, -0.05) is 19.9 Å². The minimum Gasteiger partial charge on any atom is -0.507 e. The number of phenols is 1. The molecule has 1 aromatic carbocycles. The molecular weight excluding hydrogens is 284 g/mol. The lowest BCUT2D eigenvalue weighted by Crippen LogP contribution is -2.52. The van der Waals surface area contributed by atoms with Gasteiger partial charge < -0.3 is 9.90 Å². The van der Waals surface area contributed by atoms with Gasteiger partial charge in [-0.05, 0) is 18.9 Å². The molecule has 0 radical (unpaired) electrons. The number of hydrogen-bond acceptors (Lipinski definition) is 5. The van der Waals surface area contributed by atoms with E-state index in [1.807, 2.05) is 6.07 Å². The second kappa shape index (κ2) is 5.26. The Labute approximate surface area is 128 Å². The largest absolute Gasteiger partial charge is 0.507 e. The van der Waals surface area contributed by atoms with Gasteiger partial charge in [-0.15, -0.1) is 0 Å². The lowest BCUT2D eigenvalue weighted by atomic mass is 9.88. The number of carbonyl (C=O) groups excluding carboxylic acids is 3. The third-order valence-corrected chi connectivity index (χ3v) is 4.23. The van der Waals surface area contributed by atoms with Crippen LogP contribution in [0.1, 0.15) is 47.1 Å². The van der Waals surface area contributed by atoms with Crippen molar-refractivity contribution in [3.05, 3.63) is 28.8 Å². The molecule has 6 heteroatoms. The molecule has 1 atom stereocenters. The highest BCUT2D eigenvalue weighted by Crippen LogP contribution is 2.38. The van der Waals surface area contributed by atoms with Crippen molar-refractivity contribution in [1.29, 1.82) is 5.26 Å². The molecule has 114 valence electrons. The first-order valence-corrected chi connectivity index (χ1v) is 6.88. The summed E-state index contributed by atoms with van der Waals surface area (Å²) in [7, 11) is 0. The number of aldehydes is 1. The summed E-state index contributed by atoms with van der Waals surface area (Å²) in [5.74, 6) is -1.96. The van der Waals surface area contributed by atoms with E-state index < -0.39 is 17.4 Å². The maximum absolute atomic E-state index is 12.6. The molecule has 0 aliphatic carbocycles. The third kappa shape index (κ3) is 1.98. The highest BCUT2D eigenvalue weighted by atomic mass is 16.3. The number of aromatic hydroxyl groups is 1. The fourth-order valence-corrected chi connectivity index (χ4v) is 2.47. The quantitative estimate of drug-likeness (QED) is 0.673. The number of imide groups is 1. The molecule has 0 saturated heterocycles. The van der Waals surface area contributed by atoms with Crippen LogP contribution in [0.25, 0.3) is 0 Å². The smallest absolute Gasteiger partial charge is 0.266 e. The molecule has 1 N–H and O–H groups in total. The maximum atomic E-state index is 12.6. The minimum absolute atomic E-state index is 0.0549. The second-order valence-electron chi connectivity index (χ2n) is 5.73. The van der Waals surface area contributed by atoms with E-state index in [1.54, 1.807) is 13.8 Å². The number of nitrogens with zero attached hydrogens (tertiary/aromatic N) is 2. The van der Waals surface area contributed by atoms with E-state index in [9.17, 15) is 24.8 Å². The number of amides is 2. The van der Waals surface area contributed by atoms with E-state index in [4.69, 9.17) is 0 Å². The van der Waals surface area contributed by atoms with Gasteiger partial charge in [-0.2, -0.15) is 5.26 Å². The minimum atomic E-state index is -1.32. The molecule has 0 saturated carbocycles. The molecule has 6 nitrogen and oxygen atoms in total. The monoisotopic (exact) mass is 300 g/mol. The Morgan fingerprint density at radius 1 is 1.36 bits per heavy atom. The Kier molecular flexibility index (Phi) is 3.76.